The van der Waals surface area contributed by atoms with Crippen molar-refractivity contribution in [2.24, 2.45) is 0 Å². The Morgan fingerprint density at radius 2 is 2.09 bits per heavy atom. The van der Waals surface area contributed by atoms with E-state index in [1.54, 1.807) is 6.92 Å². The van der Waals surface area contributed by atoms with Crippen LogP contribution in [0.2, 0.25) is 0 Å². The Morgan fingerprint density at radius 3 is 2.45 bits per heavy atom. The first-order valence-corrected chi connectivity index (χ1v) is 4.06. The Kier molecular flexibility index (Phi) is 4.97. The molecule has 0 bridgehead atoms. The lowest BCUT2D eigenvalue weighted by Crippen LogP contribution is -2.32. The van der Waals surface area contributed by atoms with Crippen LogP contribution in [0, 0.1) is 0 Å². The van der Waals surface area contributed by atoms with Gasteiger partial charge in [0.1, 0.15) is 0 Å². The van der Waals surface area contributed by atoms with E-state index in [2.05, 4.69) is 10.1 Å². The third kappa shape index (κ3) is 8.04. The van der Waals surface area contributed by atoms with E-state index in [-0.39, 0.29) is 6.54 Å². The van der Waals surface area contributed by atoms with Crippen molar-refractivity contribution in [1.29, 1.82) is 0 Å². The highest BCUT2D eigenvalue weighted by molar-refractivity contribution is 6.67. The van der Waals surface area contributed by atoms with E-state index >= 15 is 0 Å². The zero-order valence-corrected chi connectivity index (χ0v) is 8.13. The molecule has 0 spiro atoms. The summed E-state index contributed by atoms with van der Waals surface area (Å²) in [5.74, 6) is 0. The third-order valence-electron chi connectivity index (χ3n) is 0.709. The second-order valence-corrected chi connectivity index (χ2v) is 4.21. The number of nitrogens with one attached hydrogen (secondary N) is 1. The number of hydrogen-bond donors (Lipinski definition) is 1. The van der Waals surface area contributed by atoms with Gasteiger partial charge in [0.05, 0.1) is 13.2 Å². The number of ether oxygens (including phenoxy) is 1. The van der Waals surface area contributed by atoms with Crippen LogP contribution in [0.3, 0.4) is 0 Å². The summed E-state index contributed by atoms with van der Waals surface area (Å²) in [7, 11) is 0. The summed E-state index contributed by atoms with van der Waals surface area (Å²) in [4.78, 5) is 10.6. The molecule has 0 heterocycles. The molecule has 0 aromatic rings. The molecule has 0 atom stereocenters. The van der Waals surface area contributed by atoms with Crippen LogP contribution in [0.4, 0.5) is 4.79 Å². The molecule has 0 saturated heterocycles. The largest absolute Gasteiger partial charge is 0.450 e. The third-order valence-corrected chi connectivity index (χ3v) is 1.11. The van der Waals surface area contributed by atoms with Crippen molar-refractivity contribution in [3.63, 3.8) is 0 Å². The minimum absolute atomic E-state index is 0.0590. The maximum atomic E-state index is 10.6. The van der Waals surface area contributed by atoms with Crippen molar-refractivity contribution in [3.8, 4) is 0 Å². The normalized spacial score (nSPS) is 10.9. The summed E-state index contributed by atoms with van der Waals surface area (Å²) >= 11 is 16.0. The molecule has 1 amide bonds. The number of hydrogen-bond acceptors (Lipinski definition) is 2. The van der Waals surface area contributed by atoms with Gasteiger partial charge in [-0.05, 0) is 6.92 Å². The highest BCUT2D eigenvalue weighted by Crippen LogP contribution is 2.24. The van der Waals surface area contributed by atoms with Gasteiger partial charge in [0.2, 0.25) is 3.79 Å². The summed E-state index contributed by atoms with van der Waals surface area (Å²) in [5, 5.41) is 2.27. The van der Waals surface area contributed by atoms with Gasteiger partial charge in [-0.3, -0.25) is 0 Å². The van der Waals surface area contributed by atoms with E-state index in [4.69, 9.17) is 34.8 Å². The predicted octanol–water partition coefficient (Wildman–Crippen LogP) is 2.10. The number of amides is 1. The highest BCUT2D eigenvalue weighted by Gasteiger charge is 2.20. The number of halogens is 3. The second-order valence-electron chi connectivity index (χ2n) is 1.69. The van der Waals surface area contributed by atoms with Crippen LogP contribution in [-0.2, 0) is 4.74 Å². The molecule has 0 aliphatic heterocycles. The summed E-state index contributed by atoms with van der Waals surface area (Å²) in [6.07, 6.45) is -0.584. The van der Waals surface area contributed by atoms with Crippen molar-refractivity contribution in [3.05, 3.63) is 0 Å². The Balaban J connectivity index is 3.46. The molecule has 0 aromatic carbocycles. The summed E-state index contributed by atoms with van der Waals surface area (Å²) in [6, 6.07) is 0. The van der Waals surface area contributed by atoms with Gasteiger partial charge < -0.3 is 10.1 Å². The van der Waals surface area contributed by atoms with Gasteiger partial charge in [0.15, 0.2) is 0 Å². The van der Waals surface area contributed by atoms with Gasteiger partial charge in [0, 0.05) is 0 Å². The lowest BCUT2D eigenvalue weighted by molar-refractivity contribution is 0.152. The monoisotopic (exact) mass is 219 g/mol. The molecule has 11 heavy (non-hydrogen) atoms. The number of carbonyl (C=O) groups excluding carboxylic acids is 1. The highest BCUT2D eigenvalue weighted by atomic mass is 35.6. The average molecular weight is 220 g/mol. The molecule has 6 heteroatoms. The van der Waals surface area contributed by atoms with E-state index in [0.717, 1.165) is 0 Å². The van der Waals surface area contributed by atoms with E-state index < -0.39 is 9.89 Å². The first kappa shape index (κ1) is 11.1. The topological polar surface area (TPSA) is 38.3 Å². The number of carbonyl (C=O) groups is 1. The van der Waals surface area contributed by atoms with E-state index in [1.807, 2.05) is 0 Å². The van der Waals surface area contributed by atoms with Gasteiger partial charge in [-0.15, -0.1) is 0 Å². The van der Waals surface area contributed by atoms with Gasteiger partial charge in [-0.1, -0.05) is 34.8 Å². The van der Waals surface area contributed by atoms with Gasteiger partial charge >= 0.3 is 6.09 Å². The Morgan fingerprint density at radius 1 is 1.55 bits per heavy atom. The molecule has 0 fully saturated rings. The average Bonchev–Trinajstić information content (AvgIpc) is 1.83. The van der Waals surface area contributed by atoms with Crippen LogP contribution in [0.25, 0.3) is 0 Å². The molecular formula is C5H8Cl3NO2. The van der Waals surface area contributed by atoms with Crippen molar-refractivity contribution in [2.75, 3.05) is 13.2 Å². The van der Waals surface area contributed by atoms with Crippen molar-refractivity contribution in [1.82, 2.24) is 5.32 Å². The zero-order valence-electron chi connectivity index (χ0n) is 5.86. The van der Waals surface area contributed by atoms with E-state index in [9.17, 15) is 4.79 Å². The molecule has 0 aliphatic rings. The molecule has 3 nitrogen and oxygen atoms in total. The Bertz CT molecular complexity index is 134. The summed E-state index contributed by atoms with van der Waals surface area (Å²) in [6.45, 7) is 1.93. The van der Waals surface area contributed by atoms with Crippen molar-refractivity contribution in [2.45, 2.75) is 10.7 Å². The summed E-state index contributed by atoms with van der Waals surface area (Å²) < 4.78 is 3.05. The molecule has 0 saturated carbocycles. The molecule has 0 rings (SSSR count). The van der Waals surface area contributed by atoms with Crippen LogP contribution < -0.4 is 5.32 Å². The van der Waals surface area contributed by atoms with E-state index in [0.29, 0.717) is 6.61 Å². The van der Waals surface area contributed by atoms with E-state index in [1.165, 1.54) is 0 Å². The fraction of sp³-hybridized carbons (Fsp3) is 0.800. The van der Waals surface area contributed by atoms with Crippen molar-refractivity contribution >= 4 is 40.9 Å². The lowest BCUT2D eigenvalue weighted by atomic mass is 10.7. The van der Waals surface area contributed by atoms with Crippen LogP contribution in [0.1, 0.15) is 6.92 Å². The quantitative estimate of drug-likeness (QED) is 0.724. The predicted molar refractivity (Wildman–Crippen MR) is 45.3 cm³/mol. The summed E-state index contributed by atoms with van der Waals surface area (Å²) in [5.41, 5.74) is 0. The minimum atomic E-state index is -1.47. The molecular weight excluding hydrogens is 212 g/mol. The maximum Gasteiger partial charge on any atom is 0.407 e. The zero-order chi connectivity index (χ0) is 8.91. The molecule has 0 unspecified atom stereocenters. The van der Waals surface area contributed by atoms with Gasteiger partial charge in [-0.25, -0.2) is 4.79 Å². The van der Waals surface area contributed by atoms with Gasteiger partial charge in [-0.2, -0.15) is 0 Å². The SMILES string of the molecule is CCOC(=O)NCC(Cl)(Cl)Cl. The first-order chi connectivity index (χ1) is 4.95. The molecule has 66 valence electrons. The number of alkyl carbamates (subject to hydrolysis) is 1. The lowest BCUT2D eigenvalue weighted by Gasteiger charge is -2.11. The van der Waals surface area contributed by atoms with Crippen molar-refractivity contribution < 1.29 is 9.53 Å². The molecule has 1 N–H and O–H groups in total. The Labute approximate surface area is 79.9 Å². The fourth-order valence-corrected chi connectivity index (χ4v) is 0.555. The maximum absolute atomic E-state index is 10.6. The van der Waals surface area contributed by atoms with Crippen LogP contribution in [0.5, 0.6) is 0 Å². The Hall–Kier alpha value is 0.140. The first-order valence-electron chi connectivity index (χ1n) is 2.93. The second kappa shape index (κ2) is 4.91. The number of alkyl halides is 3. The van der Waals surface area contributed by atoms with Crippen LogP contribution >= 0.6 is 34.8 Å². The minimum Gasteiger partial charge on any atom is -0.450 e. The molecule has 0 radical (unpaired) electrons. The van der Waals surface area contributed by atoms with Gasteiger partial charge in [0.25, 0.3) is 0 Å². The van der Waals surface area contributed by atoms with Crippen LogP contribution in [-0.4, -0.2) is 23.0 Å². The standard InChI is InChI=1S/C5H8Cl3NO2/c1-2-11-4(10)9-3-5(6,7)8/h2-3H2,1H3,(H,9,10). The fourth-order valence-electron chi connectivity index (χ4n) is 0.355. The number of rotatable bonds is 2. The van der Waals surface area contributed by atoms with Crippen LogP contribution in [0.15, 0.2) is 0 Å². The smallest absolute Gasteiger partial charge is 0.407 e. The molecule has 0 aliphatic carbocycles. The molecule has 0 aromatic heterocycles.